The molecule has 2 saturated heterocycles. The Labute approximate surface area is 126 Å². The Hall–Kier alpha value is -0.860. The minimum absolute atomic E-state index is 0.169. The van der Waals surface area contributed by atoms with E-state index in [1.54, 1.807) is 4.90 Å². The third kappa shape index (κ3) is 4.55. The first-order valence-corrected chi connectivity index (χ1v) is 8.84. The van der Waals surface area contributed by atoms with Gasteiger partial charge in [0.15, 0.2) is 0 Å². The summed E-state index contributed by atoms with van der Waals surface area (Å²) in [6.07, 6.45) is 0.793. The van der Waals surface area contributed by atoms with Gasteiger partial charge in [0.2, 0.25) is 0 Å². The molecular formula is C13H24N2O5S. The number of carbonyl (C=O) groups excluding carboxylic acids is 1. The molecule has 8 heteroatoms. The number of ether oxygens (including phenoxy) is 1. The van der Waals surface area contributed by atoms with Crippen molar-refractivity contribution in [3.63, 3.8) is 0 Å². The zero-order chi connectivity index (χ0) is 15.9. The highest BCUT2D eigenvalue weighted by Crippen LogP contribution is 2.39. The normalized spacial score (nSPS) is 21.8. The molecule has 7 nitrogen and oxygen atoms in total. The van der Waals surface area contributed by atoms with Crippen LogP contribution in [0.5, 0.6) is 0 Å². The number of amides is 1. The molecule has 1 spiro atoms. The lowest BCUT2D eigenvalue weighted by Gasteiger charge is -2.59. The monoisotopic (exact) mass is 320 g/mol. The minimum Gasteiger partial charge on any atom is -0.444 e. The van der Waals surface area contributed by atoms with Crippen LogP contribution in [0.1, 0.15) is 20.8 Å². The van der Waals surface area contributed by atoms with Crippen molar-refractivity contribution in [3.8, 4) is 0 Å². The van der Waals surface area contributed by atoms with E-state index in [0.29, 0.717) is 19.6 Å². The predicted octanol–water partition coefficient (Wildman–Crippen LogP) is 0.515. The highest BCUT2D eigenvalue weighted by Gasteiger charge is 2.53. The number of likely N-dealkylation sites (tertiary alicyclic amines) is 2. The first-order valence-electron chi connectivity index (χ1n) is 7.03. The van der Waals surface area contributed by atoms with Crippen LogP contribution in [0.4, 0.5) is 4.79 Å². The maximum atomic E-state index is 11.8. The lowest BCUT2D eigenvalue weighted by molar-refractivity contribution is -0.114. The van der Waals surface area contributed by atoms with Crippen LogP contribution in [0.2, 0.25) is 0 Å². The maximum Gasteiger partial charge on any atom is 0.410 e. The quantitative estimate of drug-likeness (QED) is 0.703. The molecule has 2 aliphatic heterocycles. The van der Waals surface area contributed by atoms with Crippen molar-refractivity contribution in [2.75, 3.05) is 45.6 Å². The number of rotatable bonds is 4. The van der Waals surface area contributed by atoms with Crippen LogP contribution in [0, 0.1) is 5.41 Å². The van der Waals surface area contributed by atoms with Crippen molar-refractivity contribution in [1.29, 1.82) is 0 Å². The number of nitrogens with zero attached hydrogens (tertiary/aromatic N) is 2. The molecule has 0 unspecified atom stereocenters. The van der Waals surface area contributed by atoms with E-state index in [1.165, 1.54) is 0 Å². The lowest BCUT2D eigenvalue weighted by Crippen LogP contribution is -2.73. The van der Waals surface area contributed by atoms with Gasteiger partial charge < -0.3 is 9.64 Å². The molecule has 0 aromatic carbocycles. The van der Waals surface area contributed by atoms with E-state index in [0.717, 1.165) is 19.3 Å². The molecule has 0 radical (unpaired) electrons. The maximum absolute atomic E-state index is 11.8. The molecular weight excluding hydrogens is 296 g/mol. The largest absolute Gasteiger partial charge is 0.444 e. The van der Waals surface area contributed by atoms with Gasteiger partial charge >= 0.3 is 6.09 Å². The molecule has 21 heavy (non-hydrogen) atoms. The Bertz CT molecular complexity index is 497. The Kier molecular flexibility index (Phi) is 4.25. The summed E-state index contributed by atoms with van der Waals surface area (Å²) in [5.74, 6) is 0. The van der Waals surface area contributed by atoms with E-state index in [4.69, 9.17) is 8.92 Å². The second kappa shape index (κ2) is 5.40. The molecule has 0 aromatic rings. The zero-order valence-electron chi connectivity index (χ0n) is 13.1. The van der Waals surface area contributed by atoms with Crippen LogP contribution in [0.3, 0.4) is 0 Å². The molecule has 122 valence electrons. The molecule has 0 aromatic heterocycles. The topological polar surface area (TPSA) is 76.2 Å². The average molecular weight is 320 g/mol. The Balaban J connectivity index is 1.64. The van der Waals surface area contributed by atoms with Crippen molar-refractivity contribution in [2.24, 2.45) is 5.41 Å². The fraction of sp³-hybridized carbons (Fsp3) is 0.923. The number of hydrogen-bond donors (Lipinski definition) is 0. The van der Waals surface area contributed by atoms with Crippen molar-refractivity contribution in [1.82, 2.24) is 9.80 Å². The van der Waals surface area contributed by atoms with Crippen molar-refractivity contribution in [2.45, 2.75) is 26.4 Å². The fourth-order valence-corrected chi connectivity index (χ4v) is 3.17. The molecule has 2 rings (SSSR count). The van der Waals surface area contributed by atoms with Gasteiger partial charge in [0.05, 0.1) is 12.9 Å². The average Bonchev–Trinajstić information content (AvgIpc) is 2.13. The standard InChI is InChI=1S/C13H24N2O5S/c1-12(2,3)20-11(16)15-9-13(10-15)7-14(8-13)5-6-19-21(4,17)18/h5-10H2,1-4H3. The van der Waals surface area contributed by atoms with E-state index < -0.39 is 15.7 Å². The van der Waals surface area contributed by atoms with Gasteiger partial charge in [-0.15, -0.1) is 0 Å². The van der Waals surface area contributed by atoms with Gasteiger partial charge in [-0.05, 0) is 20.8 Å². The molecule has 2 heterocycles. The number of hydrogen-bond acceptors (Lipinski definition) is 6. The van der Waals surface area contributed by atoms with Gasteiger partial charge in [-0.2, -0.15) is 8.42 Å². The summed E-state index contributed by atoms with van der Waals surface area (Å²) in [5, 5.41) is 0. The summed E-state index contributed by atoms with van der Waals surface area (Å²) in [7, 11) is -3.36. The summed E-state index contributed by atoms with van der Waals surface area (Å²) in [5.41, 5.74) is -0.295. The fourth-order valence-electron chi connectivity index (χ4n) is 2.80. The molecule has 0 atom stereocenters. The third-order valence-corrected chi connectivity index (χ3v) is 4.12. The van der Waals surface area contributed by atoms with Crippen LogP contribution in [0.15, 0.2) is 0 Å². The van der Waals surface area contributed by atoms with Crippen molar-refractivity contribution >= 4 is 16.2 Å². The molecule has 2 fully saturated rings. The van der Waals surface area contributed by atoms with E-state index in [9.17, 15) is 13.2 Å². The summed E-state index contributed by atoms with van der Waals surface area (Å²) in [4.78, 5) is 15.7. The molecule has 0 aliphatic carbocycles. The van der Waals surface area contributed by atoms with Crippen LogP contribution in [-0.2, 0) is 19.0 Å². The first-order chi connectivity index (χ1) is 9.48. The van der Waals surface area contributed by atoms with Crippen molar-refractivity contribution < 1.29 is 22.1 Å². The second-order valence-corrected chi connectivity index (χ2v) is 8.72. The molecule has 0 N–H and O–H groups in total. The van der Waals surface area contributed by atoms with Gasteiger partial charge in [0.1, 0.15) is 5.60 Å². The van der Waals surface area contributed by atoms with E-state index in [2.05, 4.69) is 4.90 Å². The van der Waals surface area contributed by atoms with Gasteiger partial charge in [-0.3, -0.25) is 9.08 Å². The van der Waals surface area contributed by atoms with Gasteiger partial charge in [0, 0.05) is 38.1 Å². The van der Waals surface area contributed by atoms with E-state index in [1.807, 2.05) is 20.8 Å². The Morgan fingerprint density at radius 1 is 1.19 bits per heavy atom. The third-order valence-electron chi connectivity index (χ3n) is 3.53. The minimum atomic E-state index is -3.36. The summed E-state index contributed by atoms with van der Waals surface area (Å²) < 4.78 is 31.7. The first kappa shape index (κ1) is 16.5. The Morgan fingerprint density at radius 2 is 1.76 bits per heavy atom. The second-order valence-electron chi connectivity index (χ2n) is 7.07. The highest BCUT2D eigenvalue weighted by molar-refractivity contribution is 7.85. The lowest BCUT2D eigenvalue weighted by atomic mass is 9.73. The Morgan fingerprint density at radius 3 is 2.24 bits per heavy atom. The molecule has 2 aliphatic rings. The smallest absolute Gasteiger partial charge is 0.410 e. The summed E-state index contributed by atoms with van der Waals surface area (Å²) in [6.45, 7) is 9.52. The summed E-state index contributed by atoms with van der Waals surface area (Å²) >= 11 is 0. The summed E-state index contributed by atoms with van der Waals surface area (Å²) in [6, 6.07) is 0. The van der Waals surface area contributed by atoms with Gasteiger partial charge in [-0.25, -0.2) is 4.79 Å². The van der Waals surface area contributed by atoms with Crippen LogP contribution in [0.25, 0.3) is 0 Å². The van der Waals surface area contributed by atoms with Crippen LogP contribution in [-0.4, -0.2) is 75.5 Å². The van der Waals surface area contributed by atoms with E-state index >= 15 is 0 Å². The van der Waals surface area contributed by atoms with Gasteiger partial charge in [-0.1, -0.05) is 0 Å². The highest BCUT2D eigenvalue weighted by atomic mass is 32.2. The zero-order valence-corrected chi connectivity index (χ0v) is 13.9. The van der Waals surface area contributed by atoms with Crippen LogP contribution >= 0.6 is 0 Å². The van der Waals surface area contributed by atoms with Gasteiger partial charge in [0.25, 0.3) is 10.1 Å². The van der Waals surface area contributed by atoms with E-state index in [-0.39, 0.29) is 18.1 Å². The molecule has 0 saturated carbocycles. The predicted molar refractivity (Wildman–Crippen MR) is 77.5 cm³/mol. The SMILES string of the molecule is CC(C)(C)OC(=O)N1CC2(CN(CCOS(C)(=O)=O)C2)C1. The van der Waals surface area contributed by atoms with Crippen molar-refractivity contribution in [3.05, 3.63) is 0 Å². The molecule has 0 bridgehead atoms. The number of carbonyl (C=O) groups is 1. The molecule has 1 amide bonds. The van der Waals surface area contributed by atoms with Crippen LogP contribution < -0.4 is 0 Å².